The number of halogens is 1. The van der Waals surface area contributed by atoms with Crippen molar-refractivity contribution in [1.82, 2.24) is 19.9 Å². The number of likely N-dealkylation sites (tertiary alicyclic amines) is 1. The Balaban J connectivity index is 1.23. The Kier molecular flexibility index (Phi) is 3.71. The van der Waals surface area contributed by atoms with E-state index >= 15 is 4.39 Å². The van der Waals surface area contributed by atoms with Crippen molar-refractivity contribution in [2.75, 3.05) is 24.6 Å². The lowest BCUT2D eigenvalue weighted by Gasteiger charge is -2.19. The molecule has 1 saturated carbocycles. The number of nitrogens with zero attached hydrogens (tertiary/aromatic N) is 5. The third kappa shape index (κ3) is 2.49. The van der Waals surface area contributed by atoms with Gasteiger partial charge in [-0.3, -0.25) is 9.69 Å². The lowest BCUT2D eigenvalue weighted by molar-refractivity contribution is -0.133. The van der Waals surface area contributed by atoms with Crippen LogP contribution in [0.2, 0.25) is 0 Å². The fourth-order valence-electron chi connectivity index (χ4n) is 5.53. The molecule has 2 aromatic rings. The molecule has 3 fully saturated rings. The third-order valence-electron chi connectivity index (χ3n) is 6.98. The summed E-state index contributed by atoms with van der Waals surface area (Å²) in [5, 5.41) is 16.7. The van der Waals surface area contributed by atoms with Crippen LogP contribution >= 0.6 is 0 Å². The molecule has 1 N–H and O–H groups in total. The zero-order valence-electron chi connectivity index (χ0n) is 16.0. The Bertz CT molecular complexity index is 1030. The van der Waals surface area contributed by atoms with Crippen LogP contribution in [0.5, 0.6) is 0 Å². The van der Waals surface area contributed by atoms with Gasteiger partial charge in [0.05, 0.1) is 24.5 Å². The molecule has 0 radical (unpaired) electrons. The number of aliphatic hydroxyl groups excluding tert-OH is 1. The lowest BCUT2D eigenvalue weighted by atomic mass is 9.99. The molecule has 4 atom stereocenters. The minimum atomic E-state index is -0.486. The standard InChI is InChI=1S/C20H20FN5O4/c21-14-5-15-10(3-11(14)19-12-6-24(7-13(12)19)18(28)9-27)4-16-17(30-20(29)26(15)16)8-25-2-1-22-23-25/h1-3,5,12-13,16-17,19,27H,4,6-9H2/t12?,13?,16-,17-,19?/m0/s1. The highest BCUT2D eigenvalue weighted by Crippen LogP contribution is 2.59. The van der Waals surface area contributed by atoms with E-state index in [-0.39, 0.29) is 41.6 Å². The van der Waals surface area contributed by atoms with Gasteiger partial charge in [0.15, 0.2) is 0 Å². The average molecular weight is 413 g/mol. The van der Waals surface area contributed by atoms with Crippen molar-refractivity contribution >= 4 is 17.7 Å². The van der Waals surface area contributed by atoms with Crippen molar-refractivity contribution in [1.29, 1.82) is 0 Å². The summed E-state index contributed by atoms with van der Waals surface area (Å²) in [5.41, 5.74) is 2.20. The van der Waals surface area contributed by atoms with E-state index in [0.717, 1.165) is 5.56 Å². The van der Waals surface area contributed by atoms with Crippen molar-refractivity contribution < 1.29 is 23.8 Å². The smallest absolute Gasteiger partial charge is 0.415 e. The molecule has 9 nitrogen and oxygen atoms in total. The molecular formula is C20H20FN5O4. The van der Waals surface area contributed by atoms with Crippen LogP contribution in [-0.4, -0.2) is 68.8 Å². The molecule has 2 amide bonds. The molecule has 3 aliphatic heterocycles. The molecule has 156 valence electrons. The topological polar surface area (TPSA) is 101 Å². The zero-order chi connectivity index (χ0) is 20.6. The number of carbonyl (C=O) groups is 2. The van der Waals surface area contributed by atoms with Crippen LogP contribution in [0, 0.1) is 17.7 Å². The lowest BCUT2D eigenvalue weighted by Crippen LogP contribution is -2.35. The maximum absolute atomic E-state index is 15.0. The Morgan fingerprint density at radius 1 is 1.30 bits per heavy atom. The molecule has 2 unspecified atom stereocenters. The van der Waals surface area contributed by atoms with Crippen molar-refractivity contribution in [3.63, 3.8) is 0 Å². The molecule has 4 aliphatic rings. The number of anilines is 1. The number of carbonyl (C=O) groups excluding carboxylic acids is 2. The van der Waals surface area contributed by atoms with Gasteiger partial charge in [-0.05, 0) is 41.4 Å². The first-order valence-electron chi connectivity index (χ1n) is 10.1. The number of rotatable bonds is 4. The largest absolute Gasteiger partial charge is 0.442 e. The number of cyclic esters (lactones) is 1. The van der Waals surface area contributed by atoms with Gasteiger partial charge in [-0.15, -0.1) is 5.10 Å². The predicted molar refractivity (Wildman–Crippen MR) is 100 cm³/mol. The van der Waals surface area contributed by atoms with Gasteiger partial charge in [0.25, 0.3) is 0 Å². The highest BCUT2D eigenvalue weighted by Gasteiger charge is 2.58. The minimum absolute atomic E-state index is 0.0892. The van der Waals surface area contributed by atoms with Crippen LogP contribution in [0.25, 0.3) is 0 Å². The van der Waals surface area contributed by atoms with Crippen LogP contribution in [0.3, 0.4) is 0 Å². The Labute approximate surface area is 171 Å². The van der Waals surface area contributed by atoms with Crippen molar-refractivity contribution in [2.24, 2.45) is 11.8 Å². The quantitative estimate of drug-likeness (QED) is 0.785. The number of aliphatic hydroxyl groups is 1. The molecule has 30 heavy (non-hydrogen) atoms. The predicted octanol–water partition coefficient (Wildman–Crippen LogP) is 0.531. The van der Waals surface area contributed by atoms with E-state index in [1.807, 2.05) is 6.07 Å². The highest BCUT2D eigenvalue weighted by molar-refractivity contribution is 5.93. The maximum Gasteiger partial charge on any atom is 0.415 e. The summed E-state index contributed by atoms with van der Waals surface area (Å²) in [5.74, 6) is -0.0285. The van der Waals surface area contributed by atoms with Crippen molar-refractivity contribution in [3.8, 4) is 0 Å². The molecule has 0 bridgehead atoms. The normalized spacial score (nSPS) is 30.9. The van der Waals surface area contributed by atoms with Crippen LogP contribution in [0.4, 0.5) is 14.9 Å². The van der Waals surface area contributed by atoms with E-state index in [4.69, 9.17) is 9.84 Å². The van der Waals surface area contributed by atoms with E-state index in [9.17, 15) is 9.59 Å². The minimum Gasteiger partial charge on any atom is -0.442 e. The summed E-state index contributed by atoms with van der Waals surface area (Å²) in [6.07, 6.45) is 3.05. The second-order valence-corrected chi connectivity index (χ2v) is 8.50. The van der Waals surface area contributed by atoms with Gasteiger partial charge >= 0.3 is 6.09 Å². The molecule has 10 heteroatoms. The van der Waals surface area contributed by atoms with Crippen molar-refractivity contribution in [3.05, 3.63) is 41.5 Å². The Morgan fingerprint density at radius 2 is 2.10 bits per heavy atom. The highest BCUT2D eigenvalue weighted by atomic mass is 19.1. The summed E-state index contributed by atoms with van der Waals surface area (Å²) < 4.78 is 22.2. The summed E-state index contributed by atoms with van der Waals surface area (Å²) in [6, 6.07) is 3.15. The fourth-order valence-corrected chi connectivity index (χ4v) is 5.53. The van der Waals surface area contributed by atoms with Crippen LogP contribution in [0.1, 0.15) is 17.0 Å². The van der Waals surface area contributed by atoms with Crippen LogP contribution < -0.4 is 4.90 Å². The summed E-state index contributed by atoms with van der Waals surface area (Å²) in [6.45, 7) is 1.04. The van der Waals surface area contributed by atoms with Crippen molar-refractivity contribution in [2.45, 2.75) is 31.0 Å². The molecule has 1 aromatic heterocycles. The van der Waals surface area contributed by atoms with Gasteiger partial charge in [0, 0.05) is 19.3 Å². The zero-order valence-corrected chi connectivity index (χ0v) is 16.0. The number of fused-ring (bicyclic) bond motifs is 4. The maximum atomic E-state index is 15.0. The van der Waals surface area contributed by atoms with Crippen LogP contribution in [-0.2, 0) is 22.5 Å². The van der Waals surface area contributed by atoms with Gasteiger partial charge in [-0.25, -0.2) is 13.9 Å². The van der Waals surface area contributed by atoms with Crippen LogP contribution in [0.15, 0.2) is 24.5 Å². The van der Waals surface area contributed by atoms with Gasteiger partial charge in [0.1, 0.15) is 18.5 Å². The first kappa shape index (κ1) is 17.8. The fraction of sp³-hybridized carbons (Fsp3) is 0.500. The molecular weight excluding hydrogens is 393 g/mol. The van der Waals surface area contributed by atoms with E-state index in [2.05, 4.69) is 10.3 Å². The molecule has 0 spiro atoms. The number of aromatic nitrogens is 3. The summed E-state index contributed by atoms with van der Waals surface area (Å²) in [4.78, 5) is 27.3. The number of amides is 2. The second-order valence-electron chi connectivity index (χ2n) is 8.50. The summed E-state index contributed by atoms with van der Waals surface area (Å²) in [7, 11) is 0. The average Bonchev–Trinajstić information content (AvgIpc) is 3.26. The van der Waals surface area contributed by atoms with Gasteiger partial charge in [-0.1, -0.05) is 11.3 Å². The Hall–Kier alpha value is -3.01. The van der Waals surface area contributed by atoms with Gasteiger partial charge in [0.2, 0.25) is 5.91 Å². The molecule has 1 aliphatic carbocycles. The van der Waals surface area contributed by atoms with E-state index in [1.165, 1.54) is 6.07 Å². The van der Waals surface area contributed by atoms with E-state index in [1.54, 1.807) is 26.9 Å². The summed E-state index contributed by atoms with van der Waals surface area (Å²) >= 11 is 0. The first-order chi connectivity index (χ1) is 14.5. The Morgan fingerprint density at radius 3 is 2.80 bits per heavy atom. The number of piperidine rings is 1. The number of benzene rings is 1. The number of hydrogen-bond donors (Lipinski definition) is 1. The van der Waals surface area contributed by atoms with Gasteiger partial charge < -0.3 is 14.7 Å². The second kappa shape index (κ2) is 6.24. The molecule has 2 saturated heterocycles. The molecule has 1 aromatic carbocycles. The van der Waals surface area contributed by atoms with Gasteiger partial charge in [-0.2, -0.15) is 0 Å². The van der Waals surface area contributed by atoms with E-state index in [0.29, 0.717) is 37.3 Å². The monoisotopic (exact) mass is 413 g/mol. The third-order valence-corrected chi connectivity index (χ3v) is 6.98. The van der Waals surface area contributed by atoms with E-state index < -0.39 is 12.7 Å². The number of ether oxygens (including phenoxy) is 1. The number of hydrogen-bond acceptors (Lipinski definition) is 6. The first-order valence-corrected chi connectivity index (χ1v) is 10.1. The SMILES string of the molecule is O=C(CO)N1CC2C(C1)C2c1cc2c(cc1F)N1C(=O)O[C@@H](Cn3ccnn3)[C@@H]1C2. The molecule has 4 heterocycles. The molecule has 6 rings (SSSR count).